The van der Waals surface area contributed by atoms with E-state index in [4.69, 9.17) is 0 Å². The van der Waals surface area contributed by atoms with Crippen LogP contribution in [0, 0.1) is 17.0 Å². The van der Waals surface area contributed by atoms with Gasteiger partial charge in [-0.15, -0.1) is 0 Å². The van der Waals surface area contributed by atoms with E-state index in [1.54, 1.807) is 18.2 Å². The molecule has 5 heteroatoms. The maximum absolute atomic E-state index is 12.0. The molecule has 0 saturated heterocycles. The van der Waals surface area contributed by atoms with Gasteiger partial charge in [-0.2, -0.15) is 0 Å². The predicted molar refractivity (Wildman–Crippen MR) is 80.3 cm³/mol. The second-order valence-corrected chi connectivity index (χ2v) is 4.74. The van der Waals surface area contributed by atoms with Crippen molar-refractivity contribution in [3.8, 4) is 0 Å². The van der Waals surface area contributed by atoms with E-state index < -0.39 is 4.92 Å². The van der Waals surface area contributed by atoms with Gasteiger partial charge >= 0.3 is 0 Å². The van der Waals surface area contributed by atoms with E-state index in [9.17, 15) is 14.9 Å². The highest BCUT2D eigenvalue weighted by molar-refractivity contribution is 5.95. The smallest absolute Gasteiger partial charge is 0.269 e. The Kier molecular flexibility index (Phi) is 4.66. The second kappa shape index (κ2) is 6.65. The molecular weight excluding hydrogens is 268 g/mol. The van der Waals surface area contributed by atoms with E-state index in [0.717, 1.165) is 11.1 Å². The zero-order chi connectivity index (χ0) is 15.2. The summed E-state index contributed by atoms with van der Waals surface area (Å²) in [7, 11) is 0. The number of carbonyl (C=O) groups excluding carboxylic acids is 1. The highest BCUT2D eigenvalue weighted by Gasteiger charge is 2.08. The normalized spacial score (nSPS) is 10.1. The molecule has 2 aromatic rings. The number of non-ortho nitro benzene ring substituents is 1. The zero-order valence-electron chi connectivity index (χ0n) is 11.7. The standard InChI is InChI=1S/C16H16N2O3/c1-12-4-2-3-5-15(12)16(19)17-11-10-13-6-8-14(9-7-13)18(20)21/h2-9H,10-11H2,1H3,(H,17,19). The van der Waals surface area contributed by atoms with E-state index in [-0.39, 0.29) is 11.6 Å². The number of hydrogen-bond donors (Lipinski definition) is 1. The van der Waals surface area contributed by atoms with Gasteiger partial charge < -0.3 is 5.32 Å². The number of nitro groups is 1. The minimum atomic E-state index is -0.427. The predicted octanol–water partition coefficient (Wildman–Crippen LogP) is 2.88. The van der Waals surface area contributed by atoms with Crippen LogP contribution in [-0.2, 0) is 6.42 Å². The fraction of sp³-hybridized carbons (Fsp3) is 0.188. The second-order valence-electron chi connectivity index (χ2n) is 4.74. The molecule has 0 aliphatic carbocycles. The molecule has 1 N–H and O–H groups in total. The maximum atomic E-state index is 12.0. The Morgan fingerprint density at radius 3 is 2.43 bits per heavy atom. The van der Waals surface area contributed by atoms with Crippen molar-refractivity contribution >= 4 is 11.6 Å². The van der Waals surface area contributed by atoms with Crippen LogP contribution in [0.25, 0.3) is 0 Å². The van der Waals surface area contributed by atoms with Crippen molar-refractivity contribution in [3.05, 3.63) is 75.3 Å². The van der Waals surface area contributed by atoms with Crippen LogP contribution in [0.3, 0.4) is 0 Å². The monoisotopic (exact) mass is 284 g/mol. The number of nitrogens with zero attached hydrogens (tertiary/aromatic N) is 1. The van der Waals surface area contributed by atoms with Gasteiger partial charge in [0.2, 0.25) is 0 Å². The SMILES string of the molecule is Cc1ccccc1C(=O)NCCc1ccc([N+](=O)[O-])cc1. The van der Waals surface area contributed by atoms with Crippen molar-refractivity contribution < 1.29 is 9.72 Å². The highest BCUT2D eigenvalue weighted by atomic mass is 16.6. The molecule has 108 valence electrons. The molecule has 0 aliphatic rings. The van der Waals surface area contributed by atoms with Crippen molar-refractivity contribution in [2.75, 3.05) is 6.54 Å². The van der Waals surface area contributed by atoms with E-state index in [0.29, 0.717) is 18.5 Å². The number of amides is 1. The molecule has 2 aromatic carbocycles. The summed E-state index contributed by atoms with van der Waals surface area (Å²) >= 11 is 0. The molecule has 0 saturated carbocycles. The molecule has 1 amide bonds. The number of nitro benzene ring substituents is 1. The molecule has 0 fully saturated rings. The quantitative estimate of drug-likeness (QED) is 0.677. The largest absolute Gasteiger partial charge is 0.352 e. The summed E-state index contributed by atoms with van der Waals surface area (Å²) in [5.74, 6) is -0.102. The molecule has 21 heavy (non-hydrogen) atoms. The Morgan fingerprint density at radius 1 is 1.14 bits per heavy atom. The van der Waals surface area contributed by atoms with Crippen LogP contribution in [0.5, 0.6) is 0 Å². The molecule has 0 aliphatic heterocycles. The molecule has 0 spiro atoms. The van der Waals surface area contributed by atoms with Crippen molar-refractivity contribution in [2.24, 2.45) is 0 Å². The van der Waals surface area contributed by atoms with Gasteiger partial charge in [0.05, 0.1) is 4.92 Å². The lowest BCUT2D eigenvalue weighted by molar-refractivity contribution is -0.384. The number of aryl methyl sites for hydroxylation is 1. The number of hydrogen-bond acceptors (Lipinski definition) is 3. The molecule has 0 bridgehead atoms. The van der Waals surface area contributed by atoms with Gasteiger partial charge in [0.25, 0.3) is 11.6 Å². The van der Waals surface area contributed by atoms with Crippen LogP contribution >= 0.6 is 0 Å². The van der Waals surface area contributed by atoms with Gasteiger partial charge in [-0.1, -0.05) is 30.3 Å². The van der Waals surface area contributed by atoms with Gasteiger partial charge in [-0.3, -0.25) is 14.9 Å². The summed E-state index contributed by atoms with van der Waals surface area (Å²) in [5, 5.41) is 13.4. The summed E-state index contributed by atoms with van der Waals surface area (Å²) in [4.78, 5) is 22.1. The van der Waals surface area contributed by atoms with Crippen molar-refractivity contribution in [3.63, 3.8) is 0 Å². The minimum Gasteiger partial charge on any atom is -0.352 e. The summed E-state index contributed by atoms with van der Waals surface area (Å²) < 4.78 is 0. The summed E-state index contributed by atoms with van der Waals surface area (Å²) in [6.07, 6.45) is 0.635. The van der Waals surface area contributed by atoms with Crippen LogP contribution in [0.4, 0.5) is 5.69 Å². The molecule has 0 aromatic heterocycles. The first-order valence-corrected chi connectivity index (χ1v) is 6.65. The maximum Gasteiger partial charge on any atom is 0.269 e. The van der Waals surface area contributed by atoms with Gasteiger partial charge in [0, 0.05) is 24.2 Å². The minimum absolute atomic E-state index is 0.0719. The molecular formula is C16H16N2O3. The van der Waals surface area contributed by atoms with E-state index >= 15 is 0 Å². The Morgan fingerprint density at radius 2 is 1.81 bits per heavy atom. The molecule has 2 rings (SSSR count). The lowest BCUT2D eigenvalue weighted by Crippen LogP contribution is -2.26. The van der Waals surface area contributed by atoms with E-state index in [1.807, 2.05) is 25.1 Å². The molecule has 0 atom stereocenters. The van der Waals surface area contributed by atoms with Crippen molar-refractivity contribution in [2.45, 2.75) is 13.3 Å². The number of benzene rings is 2. The Bertz CT molecular complexity index is 651. The average Bonchev–Trinajstić information content (AvgIpc) is 2.48. The summed E-state index contributed by atoms with van der Waals surface area (Å²) in [5.41, 5.74) is 2.62. The summed E-state index contributed by atoms with van der Waals surface area (Å²) in [6, 6.07) is 13.8. The van der Waals surface area contributed by atoms with Crippen molar-refractivity contribution in [1.82, 2.24) is 5.32 Å². The third-order valence-electron chi connectivity index (χ3n) is 3.24. The fourth-order valence-electron chi connectivity index (χ4n) is 2.03. The number of rotatable bonds is 5. The van der Waals surface area contributed by atoms with Gasteiger partial charge in [0.1, 0.15) is 0 Å². The van der Waals surface area contributed by atoms with E-state index in [1.165, 1.54) is 12.1 Å². The molecule has 0 radical (unpaired) electrons. The van der Waals surface area contributed by atoms with E-state index in [2.05, 4.69) is 5.32 Å². The first-order chi connectivity index (χ1) is 10.1. The van der Waals surface area contributed by atoms with Crippen molar-refractivity contribution in [1.29, 1.82) is 0 Å². The number of carbonyl (C=O) groups is 1. The molecule has 0 heterocycles. The van der Waals surface area contributed by atoms with Crippen LogP contribution in [0.2, 0.25) is 0 Å². The van der Waals surface area contributed by atoms with Crippen LogP contribution in [0.15, 0.2) is 48.5 Å². The Balaban J connectivity index is 1.88. The fourth-order valence-corrected chi connectivity index (χ4v) is 2.03. The number of nitrogens with one attached hydrogen (secondary N) is 1. The van der Waals surface area contributed by atoms with Gasteiger partial charge in [-0.05, 0) is 30.5 Å². The topological polar surface area (TPSA) is 72.2 Å². The Labute approximate surface area is 122 Å². The third-order valence-corrected chi connectivity index (χ3v) is 3.24. The molecule has 0 unspecified atom stereocenters. The van der Waals surface area contributed by atoms with Crippen LogP contribution < -0.4 is 5.32 Å². The zero-order valence-corrected chi connectivity index (χ0v) is 11.7. The lowest BCUT2D eigenvalue weighted by Gasteiger charge is -2.07. The van der Waals surface area contributed by atoms with Crippen LogP contribution in [0.1, 0.15) is 21.5 Å². The molecule has 5 nitrogen and oxygen atoms in total. The lowest BCUT2D eigenvalue weighted by atomic mass is 10.1. The van der Waals surface area contributed by atoms with Crippen LogP contribution in [-0.4, -0.2) is 17.4 Å². The van der Waals surface area contributed by atoms with Gasteiger partial charge in [0.15, 0.2) is 0 Å². The first kappa shape index (κ1) is 14.7. The third kappa shape index (κ3) is 3.89. The average molecular weight is 284 g/mol. The summed E-state index contributed by atoms with van der Waals surface area (Å²) in [6.45, 7) is 2.39. The van der Waals surface area contributed by atoms with Gasteiger partial charge in [-0.25, -0.2) is 0 Å². The first-order valence-electron chi connectivity index (χ1n) is 6.65. The Hall–Kier alpha value is -2.69. The highest BCUT2D eigenvalue weighted by Crippen LogP contribution is 2.12.